The van der Waals surface area contributed by atoms with Gasteiger partial charge in [-0.05, 0) is 13.0 Å². The summed E-state index contributed by atoms with van der Waals surface area (Å²) < 4.78 is 16.8. The molecule has 1 saturated heterocycles. The Morgan fingerprint density at radius 3 is 2.76 bits per heavy atom. The van der Waals surface area contributed by atoms with Crippen molar-refractivity contribution in [1.82, 2.24) is 10.4 Å². The first-order chi connectivity index (χ1) is 10.3. The van der Waals surface area contributed by atoms with Crippen molar-refractivity contribution in [2.75, 3.05) is 46.5 Å². The normalized spacial score (nSPS) is 19.1. The Bertz CT molecular complexity index is 398. The lowest BCUT2D eigenvalue weighted by Gasteiger charge is -2.37. The van der Waals surface area contributed by atoms with Crippen LogP contribution >= 0.6 is 0 Å². The second-order valence-corrected chi connectivity index (χ2v) is 4.61. The molecule has 6 nitrogen and oxygen atoms in total. The zero-order valence-corrected chi connectivity index (χ0v) is 12.6. The van der Waals surface area contributed by atoms with Gasteiger partial charge in [-0.25, -0.2) is 4.84 Å². The van der Waals surface area contributed by atoms with Crippen molar-refractivity contribution in [3.05, 3.63) is 30.3 Å². The van der Waals surface area contributed by atoms with Crippen molar-refractivity contribution in [2.45, 2.75) is 12.9 Å². The molecule has 1 aromatic carbocycles. The lowest BCUT2D eigenvalue weighted by atomic mass is 10.3. The number of hydrogen-bond acceptors (Lipinski definition) is 6. The number of ether oxygens (including phenoxy) is 3. The Balaban J connectivity index is 1.97. The van der Waals surface area contributed by atoms with Gasteiger partial charge in [0.25, 0.3) is 0 Å². The van der Waals surface area contributed by atoms with Gasteiger partial charge < -0.3 is 19.5 Å². The summed E-state index contributed by atoms with van der Waals surface area (Å²) >= 11 is 0. The minimum atomic E-state index is -1.24. The highest BCUT2D eigenvalue weighted by Gasteiger charge is 2.37. The van der Waals surface area contributed by atoms with Crippen LogP contribution in [0.3, 0.4) is 0 Å². The van der Waals surface area contributed by atoms with E-state index in [1.54, 1.807) is 13.2 Å². The fourth-order valence-electron chi connectivity index (χ4n) is 2.03. The minimum absolute atomic E-state index is 0.127. The van der Waals surface area contributed by atoms with Crippen LogP contribution in [-0.4, -0.2) is 57.5 Å². The summed E-state index contributed by atoms with van der Waals surface area (Å²) in [4.78, 5) is 5.90. The van der Waals surface area contributed by atoms with E-state index in [1.807, 2.05) is 30.2 Å². The Hall–Kier alpha value is -1.18. The zero-order valence-electron chi connectivity index (χ0n) is 12.6. The number of nitrogens with zero attached hydrogens (tertiary/aromatic N) is 1. The van der Waals surface area contributed by atoms with E-state index < -0.39 is 5.97 Å². The van der Waals surface area contributed by atoms with Crippen LogP contribution in [0.15, 0.2) is 24.3 Å². The lowest BCUT2D eigenvalue weighted by Crippen LogP contribution is -2.53. The standard InChI is InChI=1S/C15H23N2O4/c1-3-20-15(18-2,21-17-11-9-16-10-12-17)13-19-14-7-5-4-6-8-14/h4-7,16H,3,9-13H2,1-2H3. The van der Waals surface area contributed by atoms with Crippen molar-refractivity contribution < 1.29 is 19.0 Å². The van der Waals surface area contributed by atoms with Gasteiger partial charge in [-0.2, -0.15) is 5.06 Å². The van der Waals surface area contributed by atoms with Crippen molar-refractivity contribution in [3.8, 4) is 5.75 Å². The first kappa shape index (κ1) is 16.2. The van der Waals surface area contributed by atoms with Gasteiger partial charge in [-0.15, -0.1) is 0 Å². The third-order valence-electron chi connectivity index (χ3n) is 3.10. The van der Waals surface area contributed by atoms with Crippen LogP contribution in [0.25, 0.3) is 0 Å². The molecule has 0 amide bonds. The predicted molar refractivity (Wildman–Crippen MR) is 77.7 cm³/mol. The number of nitrogens with one attached hydrogen (secondary N) is 1. The maximum atomic E-state index is 5.90. The molecule has 1 heterocycles. The molecule has 1 atom stereocenters. The Morgan fingerprint density at radius 2 is 2.14 bits per heavy atom. The van der Waals surface area contributed by atoms with E-state index in [1.165, 1.54) is 0 Å². The maximum absolute atomic E-state index is 5.90. The van der Waals surface area contributed by atoms with E-state index in [-0.39, 0.29) is 6.61 Å². The molecule has 1 N–H and O–H groups in total. The van der Waals surface area contributed by atoms with Crippen LogP contribution in [0.5, 0.6) is 5.75 Å². The van der Waals surface area contributed by atoms with E-state index in [0.717, 1.165) is 26.2 Å². The predicted octanol–water partition coefficient (Wildman–Crippen LogP) is 1.04. The van der Waals surface area contributed by atoms with Gasteiger partial charge in [0.2, 0.25) is 0 Å². The maximum Gasteiger partial charge on any atom is 0.335 e. The van der Waals surface area contributed by atoms with Gasteiger partial charge in [-0.3, -0.25) is 0 Å². The fraction of sp³-hybridized carbons (Fsp3) is 0.600. The zero-order chi connectivity index (χ0) is 15.0. The van der Waals surface area contributed by atoms with Crippen LogP contribution in [0.1, 0.15) is 6.92 Å². The average Bonchev–Trinajstić information content (AvgIpc) is 2.55. The average molecular weight is 295 g/mol. The van der Waals surface area contributed by atoms with Crippen LogP contribution in [-0.2, 0) is 14.3 Å². The number of rotatable bonds is 8. The molecule has 0 aromatic heterocycles. The Labute approximate surface area is 125 Å². The van der Waals surface area contributed by atoms with E-state index in [2.05, 4.69) is 11.4 Å². The van der Waals surface area contributed by atoms with Gasteiger partial charge in [0.1, 0.15) is 5.75 Å². The number of para-hydroxylation sites is 1. The van der Waals surface area contributed by atoms with E-state index in [4.69, 9.17) is 19.0 Å². The topological polar surface area (TPSA) is 52.2 Å². The summed E-state index contributed by atoms with van der Waals surface area (Å²) in [5.41, 5.74) is 0. The van der Waals surface area contributed by atoms with Crippen molar-refractivity contribution in [3.63, 3.8) is 0 Å². The molecule has 1 unspecified atom stereocenters. The Morgan fingerprint density at radius 1 is 1.33 bits per heavy atom. The first-order valence-electron chi connectivity index (χ1n) is 7.21. The largest absolute Gasteiger partial charge is 0.484 e. The highest BCUT2D eigenvalue weighted by atomic mass is 16.9. The molecule has 6 heteroatoms. The highest BCUT2D eigenvalue weighted by molar-refractivity contribution is 5.19. The number of methoxy groups -OCH3 is 1. The molecule has 117 valence electrons. The quantitative estimate of drug-likeness (QED) is 0.723. The minimum Gasteiger partial charge on any atom is -0.484 e. The van der Waals surface area contributed by atoms with Crippen molar-refractivity contribution in [2.24, 2.45) is 0 Å². The molecule has 2 rings (SSSR count). The highest BCUT2D eigenvalue weighted by Crippen LogP contribution is 2.20. The second-order valence-electron chi connectivity index (χ2n) is 4.61. The first-order valence-corrected chi connectivity index (χ1v) is 7.21. The van der Waals surface area contributed by atoms with Crippen LogP contribution in [0.4, 0.5) is 0 Å². The molecular weight excluding hydrogens is 272 g/mol. The number of benzene rings is 1. The summed E-state index contributed by atoms with van der Waals surface area (Å²) in [6.07, 6.45) is 0. The van der Waals surface area contributed by atoms with Gasteiger partial charge >= 0.3 is 5.97 Å². The smallest absolute Gasteiger partial charge is 0.335 e. The molecule has 0 aliphatic carbocycles. The summed E-state index contributed by atoms with van der Waals surface area (Å²) in [5.74, 6) is -0.613. The van der Waals surface area contributed by atoms with Crippen LogP contribution in [0, 0.1) is 6.07 Å². The molecule has 1 aliphatic heterocycles. The van der Waals surface area contributed by atoms with Gasteiger partial charge in [0, 0.05) is 46.0 Å². The molecule has 1 aliphatic rings. The lowest BCUT2D eigenvalue weighted by molar-refractivity contribution is -0.448. The molecule has 0 bridgehead atoms. The molecule has 21 heavy (non-hydrogen) atoms. The van der Waals surface area contributed by atoms with E-state index in [9.17, 15) is 0 Å². The van der Waals surface area contributed by atoms with Crippen LogP contribution in [0.2, 0.25) is 0 Å². The molecule has 1 fully saturated rings. The molecular formula is C15H23N2O4. The molecule has 1 radical (unpaired) electrons. The number of hydrogen-bond donors (Lipinski definition) is 1. The van der Waals surface area contributed by atoms with Crippen molar-refractivity contribution in [1.29, 1.82) is 0 Å². The molecule has 0 spiro atoms. The van der Waals surface area contributed by atoms with E-state index >= 15 is 0 Å². The molecule has 0 saturated carbocycles. The third-order valence-corrected chi connectivity index (χ3v) is 3.10. The summed E-state index contributed by atoms with van der Waals surface area (Å²) in [6.45, 7) is 5.77. The van der Waals surface area contributed by atoms with Gasteiger partial charge in [-0.1, -0.05) is 18.2 Å². The van der Waals surface area contributed by atoms with Crippen LogP contribution < -0.4 is 10.1 Å². The van der Waals surface area contributed by atoms with Crippen molar-refractivity contribution >= 4 is 0 Å². The second kappa shape index (κ2) is 8.31. The number of hydroxylamine groups is 2. The van der Waals surface area contributed by atoms with Gasteiger partial charge in [0.05, 0.1) is 0 Å². The van der Waals surface area contributed by atoms with E-state index in [0.29, 0.717) is 12.4 Å². The third kappa shape index (κ3) is 4.94. The Kier molecular flexibility index (Phi) is 6.41. The fourth-order valence-corrected chi connectivity index (χ4v) is 2.03. The summed E-state index contributed by atoms with van der Waals surface area (Å²) in [6, 6.07) is 10.4. The number of piperazine rings is 1. The summed E-state index contributed by atoms with van der Waals surface area (Å²) in [5, 5.41) is 5.11. The van der Waals surface area contributed by atoms with Gasteiger partial charge in [0.15, 0.2) is 6.61 Å². The monoisotopic (exact) mass is 295 g/mol. The SMILES string of the molecule is CCOC(COc1[c]cccc1)(OC)ON1CCNCC1. The summed E-state index contributed by atoms with van der Waals surface area (Å²) in [7, 11) is 1.55. The molecule has 1 aromatic rings.